The summed E-state index contributed by atoms with van der Waals surface area (Å²) >= 11 is 0. The topological polar surface area (TPSA) is 33.7 Å². The van der Waals surface area contributed by atoms with Crippen molar-refractivity contribution in [2.24, 2.45) is 0 Å². The molecule has 0 aromatic heterocycles. The molecule has 0 radical (unpaired) electrons. The van der Waals surface area contributed by atoms with Crippen LogP contribution in [0.3, 0.4) is 0 Å². The molecule has 0 bridgehead atoms. The normalized spacial score (nSPS) is 11.7. The predicted molar refractivity (Wildman–Crippen MR) is 81.8 cm³/mol. The van der Waals surface area contributed by atoms with E-state index in [1.54, 1.807) is 14.2 Å². The van der Waals surface area contributed by atoms with E-state index in [2.05, 4.69) is 24.1 Å². The van der Waals surface area contributed by atoms with Crippen LogP contribution in [0.2, 0.25) is 0 Å². The molecule has 4 nitrogen and oxygen atoms in total. The SMILES string of the molecule is CCC(CC)N(CCCCNCCOC)CCOC. The van der Waals surface area contributed by atoms with Crippen molar-refractivity contribution < 1.29 is 9.47 Å². The van der Waals surface area contributed by atoms with Gasteiger partial charge in [-0.05, 0) is 38.8 Å². The quantitative estimate of drug-likeness (QED) is 0.492. The van der Waals surface area contributed by atoms with Crippen LogP contribution in [-0.2, 0) is 9.47 Å². The highest BCUT2D eigenvalue weighted by Crippen LogP contribution is 2.09. The second-order valence-corrected chi connectivity index (χ2v) is 4.95. The van der Waals surface area contributed by atoms with Crippen molar-refractivity contribution in [3.05, 3.63) is 0 Å². The van der Waals surface area contributed by atoms with Gasteiger partial charge in [-0.2, -0.15) is 0 Å². The van der Waals surface area contributed by atoms with Crippen LogP contribution >= 0.6 is 0 Å². The molecular weight excluding hydrogens is 240 g/mol. The summed E-state index contributed by atoms with van der Waals surface area (Å²) in [6.45, 7) is 10.5. The van der Waals surface area contributed by atoms with E-state index >= 15 is 0 Å². The van der Waals surface area contributed by atoms with Crippen LogP contribution in [0.4, 0.5) is 0 Å². The van der Waals surface area contributed by atoms with Crippen molar-refractivity contribution >= 4 is 0 Å². The smallest absolute Gasteiger partial charge is 0.0589 e. The Balaban J connectivity index is 3.72. The zero-order chi connectivity index (χ0) is 14.3. The zero-order valence-corrected chi connectivity index (χ0v) is 13.4. The maximum Gasteiger partial charge on any atom is 0.0589 e. The van der Waals surface area contributed by atoms with Crippen molar-refractivity contribution in [2.75, 3.05) is 53.6 Å². The number of nitrogens with zero attached hydrogens (tertiary/aromatic N) is 1. The fourth-order valence-corrected chi connectivity index (χ4v) is 2.35. The lowest BCUT2D eigenvalue weighted by molar-refractivity contribution is 0.114. The maximum atomic E-state index is 5.22. The Labute approximate surface area is 119 Å². The second-order valence-electron chi connectivity index (χ2n) is 4.95. The van der Waals surface area contributed by atoms with E-state index in [1.807, 2.05) is 0 Å². The molecule has 0 rings (SSSR count). The molecule has 0 aliphatic carbocycles. The molecule has 0 saturated heterocycles. The lowest BCUT2D eigenvalue weighted by atomic mass is 10.1. The lowest BCUT2D eigenvalue weighted by Gasteiger charge is -2.30. The Morgan fingerprint density at radius 3 is 2.16 bits per heavy atom. The van der Waals surface area contributed by atoms with E-state index in [4.69, 9.17) is 9.47 Å². The highest BCUT2D eigenvalue weighted by molar-refractivity contribution is 4.69. The van der Waals surface area contributed by atoms with Gasteiger partial charge in [-0.1, -0.05) is 13.8 Å². The summed E-state index contributed by atoms with van der Waals surface area (Å²) in [5.41, 5.74) is 0. The Kier molecular flexibility index (Phi) is 14.1. The minimum Gasteiger partial charge on any atom is -0.383 e. The first kappa shape index (κ1) is 18.8. The highest BCUT2D eigenvalue weighted by atomic mass is 16.5. The number of unbranched alkanes of at least 4 members (excludes halogenated alkanes) is 1. The van der Waals surface area contributed by atoms with Crippen molar-refractivity contribution in [3.8, 4) is 0 Å². The largest absolute Gasteiger partial charge is 0.383 e. The van der Waals surface area contributed by atoms with Gasteiger partial charge in [0.15, 0.2) is 0 Å². The summed E-state index contributed by atoms with van der Waals surface area (Å²) in [5.74, 6) is 0. The molecule has 0 aliphatic rings. The molecule has 1 N–H and O–H groups in total. The van der Waals surface area contributed by atoms with E-state index in [-0.39, 0.29) is 0 Å². The lowest BCUT2D eigenvalue weighted by Crippen LogP contribution is -2.38. The Morgan fingerprint density at radius 1 is 0.895 bits per heavy atom. The van der Waals surface area contributed by atoms with Crippen LogP contribution < -0.4 is 5.32 Å². The standard InChI is InChI=1S/C15H34N2O2/c1-5-15(6-2)17(12-14-19-4)11-8-7-9-16-10-13-18-3/h15-16H,5-14H2,1-4H3. The predicted octanol–water partition coefficient (Wildman–Crippen LogP) is 2.14. The molecule has 0 spiro atoms. The summed E-state index contributed by atoms with van der Waals surface area (Å²) < 4.78 is 10.2. The van der Waals surface area contributed by atoms with E-state index < -0.39 is 0 Å². The third-order valence-corrected chi connectivity index (χ3v) is 3.57. The molecule has 0 aromatic carbocycles. The van der Waals surface area contributed by atoms with Gasteiger partial charge < -0.3 is 14.8 Å². The third-order valence-electron chi connectivity index (χ3n) is 3.57. The van der Waals surface area contributed by atoms with Gasteiger partial charge in [0.1, 0.15) is 0 Å². The summed E-state index contributed by atoms with van der Waals surface area (Å²) in [6, 6.07) is 0.705. The maximum absolute atomic E-state index is 5.22. The van der Waals surface area contributed by atoms with E-state index in [9.17, 15) is 0 Å². The van der Waals surface area contributed by atoms with Crippen LogP contribution in [0.25, 0.3) is 0 Å². The molecule has 4 heteroatoms. The summed E-state index contributed by atoms with van der Waals surface area (Å²) in [4.78, 5) is 2.58. The molecule has 0 heterocycles. The number of hydrogen-bond donors (Lipinski definition) is 1. The van der Waals surface area contributed by atoms with E-state index in [1.165, 1.54) is 32.2 Å². The van der Waals surface area contributed by atoms with Gasteiger partial charge >= 0.3 is 0 Å². The Hall–Kier alpha value is -0.160. The van der Waals surface area contributed by atoms with Crippen molar-refractivity contribution in [1.82, 2.24) is 10.2 Å². The van der Waals surface area contributed by atoms with Gasteiger partial charge in [-0.25, -0.2) is 0 Å². The van der Waals surface area contributed by atoms with Crippen molar-refractivity contribution in [1.29, 1.82) is 0 Å². The number of ether oxygens (including phenoxy) is 2. The minimum absolute atomic E-state index is 0.705. The monoisotopic (exact) mass is 274 g/mol. The van der Waals surface area contributed by atoms with Crippen molar-refractivity contribution in [3.63, 3.8) is 0 Å². The third kappa shape index (κ3) is 10.3. The highest BCUT2D eigenvalue weighted by Gasteiger charge is 2.13. The molecule has 0 unspecified atom stereocenters. The number of rotatable bonds is 14. The molecular formula is C15H34N2O2. The molecule has 0 fully saturated rings. The molecule has 19 heavy (non-hydrogen) atoms. The average Bonchev–Trinajstić information content (AvgIpc) is 2.44. The van der Waals surface area contributed by atoms with Gasteiger partial charge in [0, 0.05) is 33.4 Å². The summed E-state index contributed by atoms with van der Waals surface area (Å²) in [6.07, 6.45) is 4.94. The van der Waals surface area contributed by atoms with Gasteiger partial charge in [-0.3, -0.25) is 4.90 Å². The van der Waals surface area contributed by atoms with Crippen molar-refractivity contribution in [2.45, 2.75) is 45.6 Å². The van der Waals surface area contributed by atoms with E-state index in [0.29, 0.717) is 6.04 Å². The number of hydrogen-bond acceptors (Lipinski definition) is 4. The first-order chi connectivity index (χ1) is 9.29. The fourth-order valence-electron chi connectivity index (χ4n) is 2.35. The summed E-state index contributed by atoms with van der Waals surface area (Å²) in [7, 11) is 3.52. The van der Waals surface area contributed by atoms with Crippen LogP contribution in [-0.4, -0.2) is 64.6 Å². The summed E-state index contributed by atoms with van der Waals surface area (Å²) in [5, 5.41) is 3.39. The Bertz CT molecular complexity index is 176. The van der Waals surface area contributed by atoms with E-state index in [0.717, 1.165) is 32.8 Å². The van der Waals surface area contributed by atoms with Crippen LogP contribution in [0.1, 0.15) is 39.5 Å². The van der Waals surface area contributed by atoms with Crippen LogP contribution in [0.5, 0.6) is 0 Å². The molecule has 0 saturated carbocycles. The minimum atomic E-state index is 0.705. The number of methoxy groups -OCH3 is 2. The van der Waals surface area contributed by atoms with Crippen LogP contribution in [0.15, 0.2) is 0 Å². The number of nitrogens with one attached hydrogen (secondary N) is 1. The first-order valence-corrected chi connectivity index (χ1v) is 7.72. The molecule has 0 atom stereocenters. The average molecular weight is 274 g/mol. The van der Waals surface area contributed by atoms with Gasteiger partial charge in [0.25, 0.3) is 0 Å². The Morgan fingerprint density at radius 2 is 1.58 bits per heavy atom. The zero-order valence-electron chi connectivity index (χ0n) is 13.4. The van der Waals surface area contributed by atoms with Gasteiger partial charge in [0.05, 0.1) is 13.2 Å². The molecule has 116 valence electrons. The second kappa shape index (κ2) is 14.3. The van der Waals surface area contributed by atoms with Gasteiger partial charge in [-0.15, -0.1) is 0 Å². The fraction of sp³-hybridized carbons (Fsp3) is 1.00. The first-order valence-electron chi connectivity index (χ1n) is 7.72. The molecule has 0 aliphatic heterocycles. The van der Waals surface area contributed by atoms with Gasteiger partial charge in [0.2, 0.25) is 0 Å². The molecule has 0 amide bonds. The molecule has 0 aromatic rings. The van der Waals surface area contributed by atoms with Crippen LogP contribution in [0, 0.1) is 0 Å².